The van der Waals surface area contributed by atoms with Crippen LogP contribution >= 0.6 is 40.7 Å². The van der Waals surface area contributed by atoms with E-state index in [0.29, 0.717) is 5.56 Å². The van der Waals surface area contributed by atoms with Gasteiger partial charge < -0.3 is 10.2 Å². The smallest absolute Gasteiger partial charge is 0.280 e. The molecule has 0 aromatic carbocycles. The molecule has 134 valence electrons. The third-order valence-corrected chi connectivity index (χ3v) is 4.47. The van der Waals surface area contributed by atoms with E-state index in [2.05, 4.69) is 31.1 Å². The van der Waals surface area contributed by atoms with Gasteiger partial charge in [-0.15, -0.1) is 24.8 Å². The van der Waals surface area contributed by atoms with Crippen molar-refractivity contribution in [1.82, 2.24) is 19.8 Å². The molecular formula is C14H20BrCl2N5O2. The summed E-state index contributed by atoms with van der Waals surface area (Å²) in [6.07, 6.45) is 3.52. The summed E-state index contributed by atoms with van der Waals surface area (Å²) in [5.74, 6) is 0.665. The van der Waals surface area contributed by atoms with Gasteiger partial charge in [0, 0.05) is 37.7 Å². The number of halogens is 3. The molecule has 0 atom stereocenters. The van der Waals surface area contributed by atoms with E-state index in [0.717, 1.165) is 42.0 Å². The number of imidazole rings is 1. The molecule has 0 unspecified atom stereocenters. The monoisotopic (exact) mass is 439 g/mol. The number of nitrogens with zero attached hydrogens (tertiary/aromatic N) is 4. The molecular weight excluding hydrogens is 421 g/mol. The van der Waals surface area contributed by atoms with E-state index in [4.69, 9.17) is 4.84 Å². The zero-order chi connectivity index (χ0) is 15.7. The number of hydrogen-bond acceptors (Lipinski definition) is 5. The van der Waals surface area contributed by atoms with Gasteiger partial charge in [0.2, 0.25) is 0 Å². The van der Waals surface area contributed by atoms with E-state index in [1.165, 1.54) is 12.2 Å². The fourth-order valence-electron chi connectivity index (χ4n) is 2.64. The van der Waals surface area contributed by atoms with Crippen LogP contribution in [0, 0.1) is 0 Å². The van der Waals surface area contributed by atoms with Gasteiger partial charge in [0.05, 0.1) is 24.4 Å². The standard InChI is InChI=1S/C14H18BrN5O2.2ClH/c1-18(22-2)14(21)10-7-11(15)12-8-17-9-20(12)13(10)19-5-3-16-4-6-19;;/h7-9,16H,3-6H2,1-2H3;2*1H. The topological polar surface area (TPSA) is 62.1 Å². The SMILES string of the molecule is CON(C)C(=O)c1cc(Br)c2cncn2c1N1CCNCC1.Cl.Cl. The molecule has 24 heavy (non-hydrogen) atoms. The normalized spacial score (nSPS) is 14.0. The summed E-state index contributed by atoms with van der Waals surface area (Å²) in [6, 6.07) is 1.84. The van der Waals surface area contributed by atoms with Gasteiger partial charge in [0.15, 0.2) is 0 Å². The first-order valence-corrected chi connectivity index (χ1v) is 7.85. The molecule has 2 aromatic heterocycles. The first kappa shape index (κ1) is 21.0. The highest BCUT2D eigenvalue weighted by Crippen LogP contribution is 2.30. The van der Waals surface area contributed by atoms with Crippen molar-refractivity contribution in [2.24, 2.45) is 0 Å². The highest BCUT2D eigenvalue weighted by Gasteiger charge is 2.25. The highest BCUT2D eigenvalue weighted by molar-refractivity contribution is 9.10. The van der Waals surface area contributed by atoms with Crippen LogP contribution in [-0.4, -0.2) is 60.7 Å². The number of anilines is 1. The number of carbonyl (C=O) groups is 1. The van der Waals surface area contributed by atoms with Crippen molar-refractivity contribution in [1.29, 1.82) is 0 Å². The Kier molecular flexibility index (Phi) is 7.75. The van der Waals surface area contributed by atoms with Crippen molar-refractivity contribution in [3.8, 4) is 0 Å². The first-order valence-electron chi connectivity index (χ1n) is 7.06. The Morgan fingerprint density at radius 3 is 2.67 bits per heavy atom. The summed E-state index contributed by atoms with van der Waals surface area (Å²) in [4.78, 5) is 24.1. The van der Waals surface area contributed by atoms with Gasteiger partial charge in [-0.3, -0.25) is 14.0 Å². The lowest BCUT2D eigenvalue weighted by molar-refractivity contribution is -0.0756. The Bertz CT molecular complexity index is 706. The molecule has 1 saturated heterocycles. The largest absolute Gasteiger partial charge is 0.354 e. The average molecular weight is 441 g/mol. The van der Waals surface area contributed by atoms with Crippen molar-refractivity contribution in [2.45, 2.75) is 0 Å². The minimum absolute atomic E-state index is 0. The van der Waals surface area contributed by atoms with E-state index >= 15 is 0 Å². The van der Waals surface area contributed by atoms with E-state index in [9.17, 15) is 4.79 Å². The van der Waals surface area contributed by atoms with Crippen LogP contribution in [-0.2, 0) is 4.84 Å². The van der Waals surface area contributed by atoms with Gasteiger partial charge >= 0.3 is 0 Å². The molecule has 3 rings (SSSR count). The average Bonchev–Trinajstić information content (AvgIpc) is 3.04. The van der Waals surface area contributed by atoms with E-state index in [1.54, 1.807) is 19.6 Å². The predicted octanol–water partition coefficient (Wildman–Crippen LogP) is 1.98. The Morgan fingerprint density at radius 2 is 2.04 bits per heavy atom. The number of amides is 1. The molecule has 2 aromatic rings. The maximum atomic E-state index is 12.7. The summed E-state index contributed by atoms with van der Waals surface area (Å²) in [6.45, 7) is 3.46. The molecule has 10 heteroatoms. The summed E-state index contributed by atoms with van der Waals surface area (Å²) in [5.41, 5.74) is 1.52. The number of hydroxylamine groups is 2. The van der Waals surface area contributed by atoms with Crippen LogP contribution in [0.2, 0.25) is 0 Å². The van der Waals surface area contributed by atoms with Crippen LogP contribution in [0.3, 0.4) is 0 Å². The number of pyridine rings is 1. The van der Waals surface area contributed by atoms with Crippen molar-refractivity contribution in [3.05, 3.63) is 28.6 Å². The number of nitrogens with one attached hydrogen (secondary N) is 1. The summed E-state index contributed by atoms with van der Waals surface area (Å²) in [5, 5.41) is 4.56. The maximum Gasteiger partial charge on any atom is 0.280 e. The van der Waals surface area contributed by atoms with Crippen LogP contribution in [0.25, 0.3) is 5.52 Å². The number of hydrogen-bond donors (Lipinski definition) is 1. The molecule has 0 bridgehead atoms. The van der Waals surface area contributed by atoms with E-state index < -0.39 is 0 Å². The summed E-state index contributed by atoms with van der Waals surface area (Å²) in [7, 11) is 3.09. The van der Waals surface area contributed by atoms with Crippen molar-refractivity contribution >= 4 is 58.0 Å². The number of piperazine rings is 1. The van der Waals surface area contributed by atoms with Crippen LogP contribution in [0.4, 0.5) is 5.82 Å². The number of carbonyl (C=O) groups excluding carboxylic acids is 1. The van der Waals surface area contributed by atoms with Gasteiger partial charge in [0.1, 0.15) is 12.1 Å². The van der Waals surface area contributed by atoms with Gasteiger partial charge in [-0.05, 0) is 22.0 Å². The van der Waals surface area contributed by atoms with Crippen LogP contribution < -0.4 is 10.2 Å². The minimum atomic E-state index is -0.188. The minimum Gasteiger partial charge on any atom is -0.354 e. The lowest BCUT2D eigenvalue weighted by atomic mass is 10.2. The molecule has 1 fully saturated rings. The van der Waals surface area contributed by atoms with Gasteiger partial charge in [-0.1, -0.05) is 0 Å². The van der Waals surface area contributed by atoms with Gasteiger partial charge in [-0.2, -0.15) is 0 Å². The van der Waals surface area contributed by atoms with Gasteiger partial charge in [-0.25, -0.2) is 10.0 Å². The van der Waals surface area contributed by atoms with Crippen molar-refractivity contribution < 1.29 is 9.63 Å². The van der Waals surface area contributed by atoms with Gasteiger partial charge in [0.25, 0.3) is 5.91 Å². The Hall–Kier alpha value is -1.06. The van der Waals surface area contributed by atoms with E-state index in [1.807, 2.05) is 10.5 Å². The second-order valence-corrected chi connectivity index (χ2v) is 5.96. The fraction of sp³-hybridized carbons (Fsp3) is 0.429. The van der Waals surface area contributed by atoms with Crippen molar-refractivity contribution in [3.63, 3.8) is 0 Å². The molecule has 0 aliphatic carbocycles. The van der Waals surface area contributed by atoms with Crippen LogP contribution in [0.15, 0.2) is 23.1 Å². The maximum absolute atomic E-state index is 12.7. The van der Waals surface area contributed by atoms with E-state index in [-0.39, 0.29) is 30.7 Å². The molecule has 0 saturated carbocycles. The molecule has 7 nitrogen and oxygen atoms in total. The third-order valence-electron chi connectivity index (χ3n) is 3.83. The molecule has 1 N–H and O–H groups in total. The Labute approximate surface area is 161 Å². The molecule has 0 spiro atoms. The second kappa shape index (κ2) is 8.87. The molecule has 1 aliphatic rings. The quantitative estimate of drug-likeness (QED) is 0.739. The first-order chi connectivity index (χ1) is 10.6. The highest BCUT2D eigenvalue weighted by atomic mass is 79.9. The Morgan fingerprint density at radius 1 is 1.38 bits per heavy atom. The zero-order valence-corrected chi connectivity index (χ0v) is 16.6. The predicted molar refractivity (Wildman–Crippen MR) is 102 cm³/mol. The fourth-order valence-corrected chi connectivity index (χ4v) is 3.17. The van der Waals surface area contributed by atoms with Crippen LogP contribution in [0.5, 0.6) is 0 Å². The third kappa shape index (κ3) is 3.78. The van der Waals surface area contributed by atoms with Crippen molar-refractivity contribution in [2.75, 3.05) is 45.2 Å². The number of rotatable bonds is 3. The lowest BCUT2D eigenvalue weighted by Gasteiger charge is -2.32. The summed E-state index contributed by atoms with van der Waals surface area (Å²) >= 11 is 3.52. The second-order valence-electron chi connectivity index (χ2n) is 5.10. The molecule has 1 aliphatic heterocycles. The zero-order valence-electron chi connectivity index (χ0n) is 13.4. The molecule has 0 radical (unpaired) electrons. The number of fused-ring (bicyclic) bond motifs is 1. The lowest BCUT2D eigenvalue weighted by Crippen LogP contribution is -2.45. The molecule has 1 amide bonds. The van der Waals surface area contributed by atoms with Crippen LogP contribution in [0.1, 0.15) is 10.4 Å². The number of aromatic nitrogens is 2. The Balaban J connectivity index is 0.00000144. The molecule has 3 heterocycles. The summed E-state index contributed by atoms with van der Waals surface area (Å²) < 4.78 is 2.78.